The summed E-state index contributed by atoms with van der Waals surface area (Å²) in [4.78, 5) is 4.27. The van der Waals surface area contributed by atoms with E-state index in [2.05, 4.69) is 15.6 Å². The highest BCUT2D eigenvalue weighted by atomic mass is 35.5. The molecule has 2 heterocycles. The Hall–Kier alpha value is -3.70. The van der Waals surface area contributed by atoms with Crippen molar-refractivity contribution in [3.8, 4) is 22.6 Å². The molecule has 12 heteroatoms. The number of nitrogens with one attached hydrogen (secondary N) is 2. The Balaban J connectivity index is 0.00000370. The Morgan fingerprint density at radius 2 is 1.55 bits per heavy atom. The summed E-state index contributed by atoms with van der Waals surface area (Å²) in [5, 5.41) is 7.39. The summed E-state index contributed by atoms with van der Waals surface area (Å²) in [5.41, 5.74) is -0.485. The van der Waals surface area contributed by atoms with E-state index in [0.717, 1.165) is 35.7 Å². The van der Waals surface area contributed by atoms with Crippen LogP contribution in [0.5, 0.6) is 11.5 Å². The standard InChI is InChI=1S/C28H23F6N3O2.ClH/c29-27(30,31)20-11-19(12-21(14-20)28(32,33)34)17-5-6-22-23(7-10-37-24(22)13-17)36-9-2-8-35-15-18-3-1-4-25-26(18)39-16-38-25;/h1,3-7,10-14,35H,2,8-9,15-16H2,(H,36,37);1H. The number of para-hydroxylation sites is 1. The molecule has 1 aliphatic heterocycles. The van der Waals surface area contributed by atoms with Crippen LogP contribution in [0.4, 0.5) is 32.0 Å². The molecule has 0 atom stereocenters. The first kappa shape index (κ1) is 29.3. The average Bonchev–Trinajstić information content (AvgIpc) is 3.39. The molecule has 0 aliphatic carbocycles. The van der Waals surface area contributed by atoms with Gasteiger partial charge in [0.15, 0.2) is 11.5 Å². The number of benzene rings is 3. The lowest BCUT2D eigenvalue weighted by molar-refractivity contribution is -0.143. The first-order valence-corrected chi connectivity index (χ1v) is 12.1. The molecule has 0 unspecified atom stereocenters. The lowest BCUT2D eigenvalue weighted by Gasteiger charge is -2.15. The van der Waals surface area contributed by atoms with Crippen LogP contribution in [0.3, 0.4) is 0 Å². The van der Waals surface area contributed by atoms with Gasteiger partial charge < -0.3 is 20.1 Å². The average molecular weight is 584 g/mol. The molecule has 1 aromatic heterocycles. The normalized spacial score (nSPS) is 12.8. The topological polar surface area (TPSA) is 55.4 Å². The van der Waals surface area contributed by atoms with Gasteiger partial charge in [-0.2, -0.15) is 26.3 Å². The fourth-order valence-corrected chi connectivity index (χ4v) is 4.39. The molecule has 5 rings (SSSR count). The quantitative estimate of drug-likeness (QED) is 0.165. The molecule has 0 radical (unpaired) electrons. The number of hydrogen-bond acceptors (Lipinski definition) is 5. The van der Waals surface area contributed by atoms with Crippen LogP contribution in [0.2, 0.25) is 0 Å². The van der Waals surface area contributed by atoms with Crippen molar-refractivity contribution in [1.29, 1.82) is 0 Å². The van der Waals surface area contributed by atoms with E-state index in [0.29, 0.717) is 36.1 Å². The maximum atomic E-state index is 13.3. The minimum absolute atomic E-state index is 0. The molecule has 40 heavy (non-hydrogen) atoms. The molecule has 1 aliphatic rings. The molecule has 0 spiro atoms. The van der Waals surface area contributed by atoms with Crippen molar-refractivity contribution in [3.05, 3.63) is 83.6 Å². The Morgan fingerprint density at radius 3 is 2.27 bits per heavy atom. The largest absolute Gasteiger partial charge is 0.454 e. The van der Waals surface area contributed by atoms with Crippen molar-refractivity contribution in [2.24, 2.45) is 0 Å². The van der Waals surface area contributed by atoms with Crippen molar-refractivity contribution >= 4 is 29.0 Å². The van der Waals surface area contributed by atoms with E-state index in [1.165, 1.54) is 18.3 Å². The zero-order chi connectivity index (χ0) is 27.6. The third-order valence-electron chi connectivity index (χ3n) is 6.30. The van der Waals surface area contributed by atoms with Gasteiger partial charge >= 0.3 is 12.4 Å². The van der Waals surface area contributed by atoms with Crippen LogP contribution in [0.15, 0.2) is 66.9 Å². The Morgan fingerprint density at radius 1 is 0.800 bits per heavy atom. The first-order valence-electron chi connectivity index (χ1n) is 12.1. The third-order valence-corrected chi connectivity index (χ3v) is 6.30. The molecule has 0 bridgehead atoms. The van der Waals surface area contributed by atoms with Gasteiger partial charge in [0, 0.05) is 35.9 Å². The second-order valence-electron chi connectivity index (χ2n) is 8.99. The number of fused-ring (bicyclic) bond motifs is 2. The summed E-state index contributed by atoms with van der Waals surface area (Å²) in [5.74, 6) is 1.49. The van der Waals surface area contributed by atoms with Crippen molar-refractivity contribution in [3.63, 3.8) is 0 Å². The molecule has 0 amide bonds. The third kappa shape index (κ3) is 6.53. The van der Waals surface area contributed by atoms with Gasteiger partial charge in [0.25, 0.3) is 0 Å². The predicted octanol–water partition coefficient (Wildman–Crippen LogP) is 7.68. The summed E-state index contributed by atoms with van der Waals surface area (Å²) in [6.45, 7) is 2.19. The fraction of sp³-hybridized carbons (Fsp3) is 0.250. The van der Waals surface area contributed by atoms with E-state index in [4.69, 9.17) is 9.47 Å². The summed E-state index contributed by atoms with van der Waals surface area (Å²) in [6, 6.07) is 13.7. The fourth-order valence-electron chi connectivity index (χ4n) is 4.39. The number of aromatic nitrogens is 1. The minimum atomic E-state index is -4.92. The molecule has 0 saturated heterocycles. The molecule has 2 N–H and O–H groups in total. The van der Waals surface area contributed by atoms with Crippen LogP contribution in [0.1, 0.15) is 23.1 Å². The summed E-state index contributed by atoms with van der Waals surface area (Å²) in [7, 11) is 0. The van der Waals surface area contributed by atoms with Gasteiger partial charge in [-0.05, 0) is 60.5 Å². The van der Waals surface area contributed by atoms with Gasteiger partial charge in [-0.3, -0.25) is 4.98 Å². The van der Waals surface area contributed by atoms with Crippen LogP contribution in [-0.4, -0.2) is 24.9 Å². The van der Waals surface area contributed by atoms with Crippen LogP contribution < -0.4 is 20.1 Å². The highest BCUT2D eigenvalue weighted by Crippen LogP contribution is 2.39. The number of alkyl halides is 6. The minimum Gasteiger partial charge on any atom is -0.454 e. The first-order chi connectivity index (χ1) is 18.6. The lowest BCUT2D eigenvalue weighted by atomic mass is 9.98. The second kappa shape index (κ2) is 11.8. The molecule has 5 nitrogen and oxygen atoms in total. The Bertz CT molecular complexity index is 1460. The molecule has 4 aromatic rings. The highest BCUT2D eigenvalue weighted by molar-refractivity contribution is 5.93. The van der Waals surface area contributed by atoms with Gasteiger partial charge in [0.1, 0.15) is 0 Å². The summed E-state index contributed by atoms with van der Waals surface area (Å²) in [6.07, 6.45) is -7.50. The van der Waals surface area contributed by atoms with Crippen LogP contribution in [0.25, 0.3) is 22.0 Å². The number of anilines is 1. The molecular formula is C28H24ClF6N3O2. The molecule has 0 saturated carbocycles. The van der Waals surface area contributed by atoms with Crippen LogP contribution >= 0.6 is 12.4 Å². The molecule has 212 valence electrons. The van der Waals surface area contributed by atoms with Crippen molar-refractivity contribution in [2.45, 2.75) is 25.3 Å². The number of nitrogens with zero attached hydrogens (tertiary/aromatic N) is 1. The summed E-state index contributed by atoms with van der Waals surface area (Å²) < 4.78 is 90.6. The molecule has 0 fully saturated rings. The Kier molecular flexibility index (Phi) is 8.65. The zero-order valence-electron chi connectivity index (χ0n) is 20.8. The van der Waals surface area contributed by atoms with Gasteiger partial charge in [0.05, 0.1) is 16.6 Å². The number of pyridine rings is 1. The van der Waals surface area contributed by atoms with Crippen LogP contribution in [-0.2, 0) is 18.9 Å². The summed E-state index contributed by atoms with van der Waals surface area (Å²) >= 11 is 0. The van der Waals surface area contributed by atoms with E-state index in [1.54, 1.807) is 12.1 Å². The SMILES string of the molecule is Cl.FC(F)(F)c1cc(-c2ccc3c(NCCCNCc4cccc5c4OCO5)ccnc3c2)cc(C(F)(F)F)c1. The second-order valence-corrected chi connectivity index (χ2v) is 8.99. The smallest absolute Gasteiger partial charge is 0.416 e. The van der Waals surface area contributed by atoms with E-state index in [1.807, 2.05) is 18.2 Å². The number of ether oxygens (including phenoxy) is 2. The van der Waals surface area contributed by atoms with Crippen molar-refractivity contribution < 1.29 is 35.8 Å². The predicted molar refractivity (Wildman–Crippen MR) is 142 cm³/mol. The highest BCUT2D eigenvalue weighted by Gasteiger charge is 2.37. The maximum Gasteiger partial charge on any atom is 0.416 e. The van der Waals surface area contributed by atoms with E-state index in [9.17, 15) is 26.3 Å². The maximum absolute atomic E-state index is 13.3. The van der Waals surface area contributed by atoms with E-state index < -0.39 is 23.5 Å². The van der Waals surface area contributed by atoms with Crippen molar-refractivity contribution in [1.82, 2.24) is 10.3 Å². The van der Waals surface area contributed by atoms with Gasteiger partial charge in [-0.15, -0.1) is 12.4 Å². The van der Waals surface area contributed by atoms with Gasteiger partial charge in [-0.25, -0.2) is 0 Å². The van der Waals surface area contributed by atoms with Crippen molar-refractivity contribution in [2.75, 3.05) is 25.2 Å². The lowest BCUT2D eigenvalue weighted by Crippen LogP contribution is -2.18. The number of hydrogen-bond donors (Lipinski definition) is 2. The zero-order valence-corrected chi connectivity index (χ0v) is 21.6. The van der Waals surface area contributed by atoms with E-state index in [-0.39, 0.29) is 36.4 Å². The molecule has 3 aromatic carbocycles. The monoisotopic (exact) mass is 583 g/mol. The number of halogens is 7. The van der Waals surface area contributed by atoms with Crippen LogP contribution in [0, 0.1) is 0 Å². The molecular weight excluding hydrogens is 560 g/mol. The Labute approximate surface area is 231 Å². The van der Waals surface area contributed by atoms with Gasteiger partial charge in [0.2, 0.25) is 6.79 Å². The number of rotatable bonds is 8. The van der Waals surface area contributed by atoms with E-state index >= 15 is 0 Å². The van der Waals surface area contributed by atoms with Gasteiger partial charge in [-0.1, -0.05) is 24.3 Å².